The summed E-state index contributed by atoms with van der Waals surface area (Å²) in [5.74, 6) is 0. The molecule has 13 heavy (non-hydrogen) atoms. The zero-order valence-electron chi connectivity index (χ0n) is 9.98. The van der Waals surface area contributed by atoms with Gasteiger partial charge in [0.05, 0.1) is 0 Å². The van der Waals surface area contributed by atoms with Crippen LogP contribution in [-0.2, 0) is 0 Å². The largest absolute Gasteiger partial charge is 0.131 e. The van der Waals surface area contributed by atoms with Crippen molar-refractivity contribution in [1.29, 1.82) is 0 Å². The number of thioether (sulfide) groups is 1. The highest BCUT2D eigenvalue weighted by Gasteiger charge is 2.28. The standard InChI is InChI=1S/C12H24S/c1-8-13-10(12(5,6)7)9-11(2,3)4/h8,10H,1,9H2,2-7H3. The lowest BCUT2D eigenvalue weighted by molar-refractivity contribution is 0.287. The molecule has 78 valence electrons. The highest BCUT2D eigenvalue weighted by atomic mass is 32.2. The van der Waals surface area contributed by atoms with Gasteiger partial charge >= 0.3 is 0 Å². The molecule has 0 saturated carbocycles. The van der Waals surface area contributed by atoms with Crippen molar-refractivity contribution in [3.05, 3.63) is 12.0 Å². The van der Waals surface area contributed by atoms with Gasteiger partial charge in [-0.05, 0) is 22.7 Å². The van der Waals surface area contributed by atoms with E-state index in [9.17, 15) is 0 Å². The molecule has 0 aliphatic heterocycles. The maximum absolute atomic E-state index is 3.81. The van der Waals surface area contributed by atoms with E-state index in [1.165, 1.54) is 6.42 Å². The van der Waals surface area contributed by atoms with Crippen molar-refractivity contribution in [2.75, 3.05) is 0 Å². The summed E-state index contributed by atoms with van der Waals surface area (Å²) < 4.78 is 0. The fraction of sp³-hybridized carbons (Fsp3) is 0.833. The normalized spacial score (nSPS) is 15.5. The van der Waals surface area contributed by atoms with E-state index in [-0.39, 0.29) is 0 Å². The molecule has 0 aromatic heterocycles. The van der Waals surface area contributed by atoms with E-state index in [0.29, 0.717) is 16.1 Å². The van der Waals surface area contributed by atoms with Crippen LogP contribution in [0.5, 0.6) is 0 Å². The van der Waals surface area contributed by atoms with E-state index in [1.54, 1.807) is 0 Å². The van der Waals surface area contributed by atoms with Gasteiger partial charge in [-0.25, -0.2) is 0 Å². The molecule has 1 heteroatoms. The molecular formula is C12H24S. The van der Waals surface area contributed by atoms with Gasteiger partial charge in [0.25, 0.3) is 0 Å². The summed E-state index contributed by atoms with van der Waals surface area (Å²) >= 11 is 1.87. The molecule has 1 atom stereocenters. The van der Waals surface area contributed by atoms with Crippen LogP contribution in [-0.4, -0.2) is 5.25 Å². The molecule has 0 heterocycles. The Hall–Kier alpha value is 0.0900. The van der Waals surface area contributed by atoms with E-state index in [1.807, 2.05) is 17.2 Å². The van der Waals surface area contributed by atoms with Gasteiger partial charge < -0.3 is 0 Å². The molecule has 0 aromatic rings. The quantitative estimate of drug-likeness (QED) is 0.635. The topological polar surface area (TPSA) is 0 Å². The van der Waals surface area contributed by atoms with E-state index in [4.69, 9.17) is 0 Å². The molecule has 1 unspecified atom stereocenters. The minimum atomic E-state index is 0.367. The smallest absolute Gasteiger partial charge is 0.0142 e. The summed E-state index contributed by atoms with van der Waals surface area (Å²) in [6.45, 7) is 17.6. The van der Waals surface area contributed by atoms with Gasteiger partial charge in [-0.1, -0.05) is 48.1 Å². The summed E-state index contributed by atoms with van der Waals surface area (Å²) in [4.78, 5) is 0. The summed E-state index contributed by atoms with van der Waals surface area (Å²) in [5, 5.41) is 2.65. The molecule has 0 rings (SSSR count). The van der Waals surface area contributed by atoms with Crippen LogP contribution in [0, 0.1) is 10.8 Å². The van der Waals surface area contributed by atoms with Crippen LogP contribution in [0.4, 0.5) is 0 Å². The van der Waals surface area contributed by atoms with Crippen LogP contribution in [0.25, 0.3) is 0 Å². The average molecular weight is 200 g/mol. The van der Waals surface area contributed by atoms with Gasteiger partial charge in [0, 0.05) is 5.25 Å². The van der Waals surface area contributed by atoms with Crippen molar-refractivity contribution in [3.63, 3.8) is 0 Å². The fourth-order valence-electron chi connectivity index (χ4n) is 1.23. The molecule has 0 spiro atoms. The fourth-order valence-corrected chi connectivity index (χ4v) is 2.47. The Bertz CT molecular complexity index is 157. The second-order valence-electron chi connectivity index (χ2n) is 5.92. The molecule has 0 aliphatic rings. The molecular weight excluding hydrogens is 176 g/mol. The first kappa shape index (κ1) is 13.1. The molecule has 0 bridgehead atoms. The minimum Gasteiger partial charge on any atom is -0.131 e. The lowest BCUT2D eigenvalue weighted by Crippen LogP contribution is -2.27. The van der Waals surface area contributed by atoms with Gasteiger partial charge in [-0.2, -0.15) is 0 Å². The van der Waals surface area contributed by atoms with Crippen LogP contribution >= 0.6 is 11.8 Å². The van der Waals surface area contributed by atoms with Gasteiger partial charge in [-0.15, -0.1) is 11.8 Å². The minimum absolute atomic E-state index is 0.367. The van der Waals surface area contributed by atoms with Crippen LogP contribution in [0.3, 0.4) is 0 Å². The Balaban J connectivity index is 4.35. The van der Waals surface area contributed by atoms with Crippen LogP contribution in [0.1, 0.15) is 48.0 Å². The number of hydrogen-bond donors (Lipinski definition) is 0. The van der Waals surface area contributed by atoms with Crippen molar-refractivity contribution in [3.8, 4) is 0 Å². The molecule has 0 nitrogen and oxygen atoms in total. The summed E-state index contributed by atoms with van der Waals surface area (Å²) in [7, 11) is 0. The molecule has 0 N–H and O–H groups in total. The second-order valence-corrected chi connectivity index (χ2v) is 7.10. The van der Waals surface area contributed by atoms with Crippen molar-refractivity contribution in [2.24, 2.45) is 10.8 Å². The van der Waals surface area contributed by atoms with Gasteiger partial charge in [0.2, 0.25) is 0 Å². The molecule has 0 radical (unpaired) electrons. The Morgan fingerprint density at radius 3 is 1.85 bits per heavy atom. The SMILES string of the molecule is C=CSC(CC(C)(C)C)C(C)(C)C. The van der Waals surface area contributed by atoms with Crippen LogP contribution in [0.15, 0.2) is 12.0 Å². The average Bonchev–Trinajstić information content (AvgIpc) is 1.81. The molecule has 0 aliphatic carbocycles. The second kappa shape index (κ2) is 4.54. The van der Waals surface area contributed by atoms with Crippen molar-refractivity contribution in [1.82, 2.24) is 0 Å². The van der Waals surface area contributed by atoms with Gasteiger partial charge in [0.1, 0.15) is 0 Å². The number of rotatable bonds is 3. The first-order valence-corrected chi connectivity index (χ1v) is 5.87. The van der Waals surface area contributed by atoms with Crippen molar-refractivity contribution >= 4 is 11.8 Å². The van der Waals surface area contributed by atoms with Gasteiger partial charge in [-0.3, -0.25) is 0 Å². The van der Waals surface area contributed by atoms with Crippen LogP contribution < -0.4 is 0 Å². The maximum atomic E-state index is 3.81. The first-order chi connectivity index (χ1) is 5.67. The Kier molecular flexibility index (Phi) is 4.58. The summed E-state index contributed by atoms with van der Waals surface area (Å²) in [6.07, 6.45) is 1.24. The molecule has 0 saturated heterocycles. The first-order valence-electron chi connectivity index (χ1n) is 4.93. The molecule has 0 aromatic carbocycles. The highest BCUT2D eigenvalue weighted by Crippen LogP contribution is 2.38. The molecule has 0 amide bonds. The molecule has 0 fully saturated rings. The Morgan fingerprint density at radius 2 is 1.62 bits per heavy atom. The third-order valence-corrected chi connectivity index (χ3v) is 3.42. The van der Waals surface area contributed by atoms with Crippen molar-refractivity contribution < 1.29 is 0 Å². The zero-order chi connectivity index (χ0) is 10.7. The van der Waals surface area contributed by atoms with Gasteiger partial charge in [0.15, 0.2) is 0 Å². The van der Waals surface area contributed by atoms with E-state index in [0.717, 1.165) is 0 Å². The summed E-state index contributed by atoms with van der Waals surface area (Å²) in [5.41, 5.74) is 0.778. The predicted octanol–water partition coefficient (Wildman–Crippen LogP) is 4.71. The Morgan fingerprint density at radius 1 is 1.15 bits per heavy atom. The van der Waals surface area contributed by atoms with Crippen molar-refractivity contribution in [2.45, 2.75) is 53.2 Å². The van der Waals surface area contributed by atoms with E-state index in [2.05, 4.69) is 48.1 Å². The summed E-state index contributed by atoms with van der Waals surface area (Å²) in [6, 6.07) is 0. The highest BCUT2D eigenvalue weighted by molar-refractivity contribution is 8.02. The number of hydrogen-bond acceptors (Lipinski definition) is 1. The van der Waals surface area contributed by atoms with E-state index >= 15 is 0 Å². The predicted molar refractivity (Wildman–Crippen MR) is 65.1 cm³/mol. The maximum Gasteiger partial charge on any atom is 0.0142 e. The third kappa shape index (κ3) is 6.20. The van der Waals surface area contributed by atoms with E-state index < -0.39 is 0 Å². The third-order valence-electron chi connectivity index (χ3n) is 2.02. The lowest BCUT2D eigenvalue weighted by Gasteiger charge is -2.34. The van der Waals surface area contributed by atoms with Crippen LogP contribution in [0.2, 0.25) is 0 Å². The lowest BCUT2D eigenvalue weighted by atomic mass is 9.81. The zero-order valence-corrected chi connectivity index (χ0v) is 10.8. The Labute approximate surface area is 88.2 Å². The monoisotopic (exact) mass is 200 g/mol.